The van der Waals surface area contributed by atoms with Crippen LogP contribution in [0.25, 0.3) is 11.2 Å². The van der Waals surface area contributed by atoms with Gasteiger partial charge in [-0.25, -0.2) is 15.0 Å². The number of ether oxygens (including phenoxy) is 1. The van der Waals surface area contributed by atoms with E-state index in [0.717, 1.165) is 12.8 Å². The molecule has 10 heteroatoms. The zero-order valence-electron chi connectivity index (χ0n) is 11.0. The van der Waals surface area contributed by atoms with Gasteiger partial charge < -0.3 is 19.1 Å². The lowest BCUT2D eigenvalue weighted by Crippen LogP contribution is -2.11. The highest BCUT2D eigenvalue weighted by molar-refractivity contribution is 7.51. The minimum absolute atomic E-state index is 0.128. The minimum Gasteiger partial charge on any atom is -0.366 e. The Balaban J connectivity index is 1.73. The van der Waals surface area contributed by atoms with E-state index in [1.165, 1.54) is 6.33 Å². The fourth-order valence-corrected chi connectivity index (χ4v) is 3.20. The zero-order valence-corrected chi connectivity index (χ0v) is 12.6. The quantitative estimate of drug-likeness (QED) is 0.648. The number of nitrogens with zero attached hydrogens (tertiary/aromatic N) is 4. The van der Waals surface area contributed by atoms with Crippen molar-refractivity contribution in [3.63, 3.8) is 0 Å². The third-order valence-electron chi connectivity index (χ3n) is 3.54. The second-order valence-electron chi connectivity index (χ2n) is 5.04. The molecule has 1 saturated carbocycles. The minimum atomic E-state index is -4.12. The first-order valence-corrected chi connectivity index (χ1v) is 8.61. The van der Waals surface area contributed by atoms with Crippen molar-refractivity contribution in [3.05, 3.63) is 17.8 Å². The topological polar surface area (TPSA) is 110 Å². The average molecular weight is 333 g/mol. The van der Waals surface area contributed by atoms with E-state index < -0.39 is 13.9 Å². The predicted molar refractivity (Wildman–Crippen MR) is 75.0 cm³/mol. The van der Waals surface area contributed by atoms with Crippen molar-refractivity contribution in [1.29, 1.82) is 0 Å². The van der Waals surface area contributed by atoms with Crippen LogP contribution < -0.4 is 0 Å². The van der Waals surface area contributed by atoms with Crippen molar-refractivity contribution in [2.45, 2.75) is 31.4 Å². The SMILES string of the molecule is O=P(O)(O)COC1CCC(n2cnc3c(Cl)ncnc32)C1. The average Bonchev–Trinajstić information content (AvgIpc) is 3.02. The first kappa shape index (κ1) is 14.9. The van der Waals surface area contributed by atoms with E-state index in [-0.39, 0.29) is 12.1 Å². The summed E-state index contributed by atoms with van der Waals surface area (Å²) in [5, 5.41) is 0.311. The molecule has 1 aliphatic rings. The van der Waals surface area contributed by atoms with E-state index in [2.05, 4.69) is 15.0 Å². The molecule has 0 spiro atoms. The summed E-state index contributed by atoms with van der Waals surface area (Å²) < 4.78 is 18.0. The van der Waals surface area contributed by atoms with Crippen LogP contribution in [0.15, 0.2) is 12.7 Å². The molecule has 114 valence electrons. The van der Waals surface area contributed by atoms with Gasteiger partial charge in [-0.1, -0.05) is 11.6 Å². The van der Waals surface area contributed by atoms with Crippen molar-refractivity contribution in [3.8, 4) is 0 Å². The molecule has 21 heavy (non-hydrogen) atoms. The Morgan fingerprint density at radius 2 is 2.19 bits per heavy atom. The van der Waals surface area contributed by atoms with Gasteiger partial charge in [-0.3, -0.25) is 4.57 Å². The second kappa shape index (κ2) is 5.62. The molecule has 0 aliphatic heterocycles. The van der Waals surface area contributed by atoms with Crippen LogP contribution in [0, 0.1) is 0 Å². The van der Waals surface area contributed by atoms with Gasteiger partial charge in [0, 0.05) is 6.04 Å². The fourth-order valence-electron chi connectivity index (χ4n) is 2.61. The van der Waals surface area contributed by atoms with E-state index in [4.69, 9.17) is 26.1 Å². The fraction of sp³-hybridized carbons (Fsp3) is 0.545. The van der Waals surface area contributed by atoms with Crippen molar-refractivity contribution in [1.82, 2.24) is 19.5 Å². The van der Waals surface area contributed by atoms with Crippen LogP contribution in [-0.4, -0.2) is 41.8 Å². The third-order valence-corrected chi connectivity index (χ3v) is 4.30. The van der Waals surface area contributed by atoms with Gasteiger partial charge >= 0.3 is 7.60 Å². The molecule has 1 fully saturated rings. The molecular formula is C11H14ClN4O4P. The smallest absolute Gasteiger partial charge is 0.350 e. The van der Waals surface area contributed by atoms with Crippen LogP contribution in [0.2, 0.25) is 5.15 Å². The molecule has 2 unspecified atom stereocenters. The lowest BCUT2D eigenvalue weighted by molar-refractivity contribution is 0.0777. The summed E-state index contributed by atoms with van der Waals surface area (Å²) in [6, 6.07) is 0.128. The number of hydrogen-bond donors (Lipinski definition) is 2. The molecule has 0 bridgehead atoms. The zero-order chi connectivity index (χ0) is 15.0. The number of aromatic nitrogens is 4. The second-order valence-corrected chi connectivity index (χ2v) is 6.98. The van der Waals surface area contributed by atoms with Crippen LogP contribution in [0.1, 0.15) is 25.3 Å². The number of fused-ring (bicyclic) bond motifs is 1. The van der Waals surface area contributed by atoms with Gasteiger partial charge in [-0.2, -0.15) is 0 Å². The summed E-state index contributed by atoms with van der Waals surface area (Å²) in [6.45, 7) is 0. The molecule has 0 radical (unpaired) electrons. The maximum absolute atomic E-state index is 10.8. The molecule has 1 aliphatic carbocycles. The maximum atomic E-state index is 10.8. The molecule has 2 atom stereocenters. The Morgan fingerprint density at radius 1 is 1.38 bits per heavy atom. The Labute approximate surface area is 125 Å². The first-order chi connectivity index (χ1) is 9.94. The van der Waals surface area contributed by atoms with Crippen molar-refractivity contribution in [2.75, 3.05) is 6.35 Å². The van der Waals surface area contributed by atoms with Gasteiger partial charge in [0.05, 0.1) is 12.4 Å². The third kappa shape index (κ3) is 3.25. The summed E-state index contributed by atoms with van der Waals surface area (Å²) in [5.41, 5.74) is 1.22. The van der Waals surface area contributed by atoms with E-state index >= 15 is 0 Å². The predicted octanol–water partition coefficient (Wildman–Crippen LogP) is 1.73. The number of rotatable bonds is 4. The van der Waals surface area contributed by atoms with Crippen LogP contribution in [0.5, 0.6) is 0 Å². The number of hydrogen-bond acceptors (Lipinski definition) is 5. The summed E-state index contributed by atoms with van der Waals surface area (Å²) in [7, 11) is -4.12. The molecule has 2 N–H and O–H groups in total. The molecule has 0 saturated heterocycles. The molecule has 0 aromatic carbocycles. The highest BCUT2D eigenvalue weighted by Crippen LogP contribution is 2.39. The van der Waals surface area contributed by atoms with Gasteiger partial charge in [0.25, 0.3) is 0 Å². The lowest BCUT2D eigenvalue weighted by atomic mass is 10.2. The lowest BCUT2D eigenvalue weighted by Gasteiger charge is -2.14. The highest BCUT2D eigenvalue weighted by atomic mass is 35.5. The van der Waals surface area contributed by atoms with Crippen molar-refractivity contribution >= 4 is 30.4 Å². The monoisotopic (exact) mass is 332 g/mol. The Kier molecular flexibility index (Phi) is 3.98. The van der Waals surface area contributed by atoms with Crippen LogP contribution >= 0.6 is 19.2 Å². The Hall–Kier alpha value is -1.05. The van der Waals surface area contributed by atoms with Gasteiger partial charge in [0.1, 0.15) is 18.2 Å². The first-order valence-electron chi connectivity index (χ1n) is 6.43. The summed E-state index contributed by atoms with van der Waals surface area (Å²) >= 11 is 5.97. The number of halogens is 1. The molecule has 3 rings (SSSR count). The van der Waals surface area contributed by atoms with E-state index in [1.54, 1.807) is 6.33 Å². The number of imidazole rings is 1. The standard InChI is InChI=1S/C11H14ClN4O4P/c12-10-9-11(14-4-13-10)16(5-15-9)7-1-2-8(3-7)20-6-21(17,18)19/h4-5,7-8H,1-3,6H2,(H2,17,18,19). The molecule has 0 amide bonds. The molecule has 8 nitrogen and oxygen atoms in total. The Morgan fingerprint density at radius 3 is 2.95 bits per heavy atom. The molecule has 2 heterocycles. The maximum Gasteiger partial charge on any atom is 0.350 e. The van der Waals surface area contributed by atoms with E-state index in [9.17, 15) is 4.57 Å². The summed E-state index contributed by atoms with van der Waals surface area (Å²) in [6.07, 6.45) is 4.58. The molecular weight excluding hydrogens is 319 g/mol. The van der Waals surface area contributed by atoms with Crippen LogP contribution in [0.3, 0.4) is 0 Å². The normalized spacial score (nSPS) is 23.0. The Bertz CT molecular complexity index is 703. The summed E-state index contributed by atoms with van der Waals surface area (Å²) in [4.78, 5) is 30.0. The molecule has 2 aromatic heterocycles. The summed E-state index contributed by atoms with van der Waals surface area (Å²) in [5.74, 6) is 0. The van der Waals surface area contributed by atoms with Crippen LogP contribution in [-0.2, 0) is 9.30 Å². The van der Waals surface area contributed by atoms with Crippen molar-refractivity contribution < 1.29 is 19.1 Å². The van der Waals surface area contributed by atoms with E-state index in [1.807, 2.05) is 4.57 Å². The van der Waals surface area contributed by atoms with Gasteiger partial charge in [0.2, 0.25) is 0 Å². The van der Waals surface area contributed by atoms with Gasteiger partial charge in [0.15, 0.2) is 10.8 Å². The molecule has 2 aromatic rings. The van der Waals surface area contributed by atoms with E-state index in [0.29, 0.717) is 22.7 Å². The van der Waals surface area contributed by atoms with Crippen molar-refractivity contribution in [2.24, 2.45) is 0 Å². The van der Waals surface area contributed by atoms with Gasteiger partial charge in [-0.05, 0) is 19.3 Å². The van der Waals surface area contributed by atoms with Crippen LogP contribution in [0.4, 0.5) is 0 Å². The van der Waals surface area contributed by atoms with Gasteiger partial charge in [-0.15, -0.1) is 0 Å². The largest absolute Gasteiger partial charge is 0.366 e. The highest BCUT2D eigenvalue weighted by Gasteiger charge is 2.29.